The number of nitrogens with two attached hydrogens (primary N) is 1. The lowest BCUT2D eigenvalue weighted by Gasteiger charge is -2.31. The van der Waals surface area contributed by atoms with Crippen LogP contribution in [0.1, 0.15) is 118 Å². The zero-order valence-electron chi connectivity index (χ0n) is 51.9. The maximum Gasteiger partial charge on any atom is 0.330 e. The molecule has 8 aromatic carbocycles. The number of aliphatic hydroxyl groups is 2. The molecule has 6 aliphatic heterocycles. The highest BCUT2D eigenvalue weighted by molar-refractivity contribution is 6.32. The molecule has 27 nitrogen and oxygen atoms in total. The van der Waals surface area contributed by atoms with Crippen molar-refractivity contribution in [3.05, 3.63) is 199 Å². The number of amides is 6. The second-order valence-corrected chi connectivity index (χ2v) is 24.8. The third-order valence-electron chi connectivity index (χ3n) is 17.3. The van der Waals surface area contributed by atoms with Crippen molar-refractivity contribution in [1.29, 1.82) is 0 Å². The smallest absolute Gasteiger partial charge is 0.330 e. The lowest BCUT2D eigenvalue weighted by Crippen LogP contribution is -2.55. The van der Waals surface area contributed by atoms with Gasteiger partial charge in [-0.1, -0.05) is 91.1 Å². The summed E-state index contributed by atoms with van der Waals surface area (Å²) in [7, 11) is 0. The van der Waals surface area contributed by atoms with E-state index >= 15 is 19.2 Å². The van der Waals surface area contributed by atoms with Crippen LogP contribution in [0.25, 0.3) is 11.1 Å². The molecule has 8 aromatic rings. The van der Waals surface area contributed by atoms with E-state index < -0.39 is 170 Å². The Morgan fingerprint density at radius 2 is 1.05 bits per heavy atom. The van der Waals surface area contributed by atoms with E-state index in [0.717, 1.165) is 91.1 Å². The van der Waals surface area contributed by atoms with Gasteiger partial charge in [0.15, 0.2) is 29.0 Å². The maximum absolute atomic E-state index is 16.2. The van der Waals surface area contributed by atoms with Crippen LogP contribution in [-0.2, 0) is 53.1 Å². The van der Waals surface area contributed by atoms with Gasteiger partial charge in [-0.25, -0.2) is 4.79 Å². The Morgan fingerprint density at radius 3 is 1.67 bits per heavy atom. The number of phenols is 6. The summed E-state index contributed by atoms with van der Waals surface area (Å²) in [5, 5.41) is 124. The number of phenolic OH excluding ortho intramolecular Hbond substituents is 6. The average Bonchev–Trinajstić information content (AvgIpc) is 1.67. The molecule has 510 valence electrons. The molecule has 0 saturated heterocycles. The van der Waals surface area contributed by atoms with E-state index in [0.29, 0.717) is 0 Å². The third kappa shape index (κ3) is 13.6. The Bertz CT molecular complexity index is 4630. The molecular weight excluding hydrogens is 1330 g/mol. The number of ether oxygens (including phenoxy) is 3. The van der Waals surface area contributed by atoms with Crippen LogP contribution in [-0.4, -0.2) is 99.5 Å². The predicted molar refractivity (Wildman–Crippen MR) is 352 cm³/mol. The first-order valence-corrected chi connectivity index (χ1v) is 31.6. The molecule has 0 aliphatic carbocycles. The predicted octanol–water partition coefficient (Wildman–Crippen LogP) is 7.11. The molecule has 6 aliphatic rings. The van der Waals surface area contributed by atoms with Crippen LogP contribution in [0.15, 0.2) is 133 Å². The van der Waals surface area contributed by atoms with E-state index in [-0.39, 0.29) is 74.0 Å². The zero-order chi connectivity index (χ0) is 70.4. The number of unbranched alkanes of at least 4 members (excludes halogenated alkanes) is 1. The van der Waals surface area contributed by atoms with E-state index in [1.807, 2.05) is 24.3 Å². The highest BCUT2D eigenvalue weighted by Crippen LogP contribution is 2.51. The summed E-state index contributed by atoms with van der Waals surface area (Å²) in [5.74, 6) is -16.5. The number of hydrogen-bond donors (Lipinski definition) is 17. The summed E-state index contributed by atoms with van der Waals surface area (Å²) in [6.07, 6.45) is -1.42. The third-order valence-corrected chi connectivity index (χ3v) is 17.9. The Labute approximate surface area is 571 Å². The van der Waals surface area contributed by atoms with Crippen molar-refractivity contribution in [2.24, 2.45) is 5.73 Å². The van der Waals surface area contributed by atoms with Gasteiger partial charge in [0, 0.05) is 35.8 Å². The lowest BCUT2D eigenvalue weighted by atomic mass is 9.86. The number of aromatic hydroxyl groups is 6. The molecule has 0 radical (unpaired) electrons. The fourth-order valence-electron chi connectivity index (χ4n) is 12.1. The number of benzene rings is 8. The molecule has 0 saturated carbocycles. The van der Waals surface area contributed by atoms with E-state index in [2.05, 4.69) is 44.1 Å². The van der Waals surface area contributed by atoms with E-state index in [1.165, 1.54) is 48.5 Å². The van der Waals surface area contributed by atoms with Gasteiger partial charge in [0.1, 0.15) is 88.7 Å². The van der Waals surface area contributed by atoms with E-state index in [4.69, 9.17) is 43.1 Å². The topological polar surface area (TPSA) is 439 Å². The van der Waals surface area contributed by atoms with Gasteiger partial charge in [0.05, 0.1) is 15.6 Å². The van der Waals surface area contributed by atoms with Gasteiger partial charge in [-0.3, -0.25) is 28.8 Å². The number of carbonyl (C=O) groups excluding carboxylic acids is 6. The molecule has 29 heteroatoms. The molecule has 6 amide bonds. The molecule has 99 heavy (non-hydrogen) atoms. The molecular formula is C70H62Cl2N8O19. The van der Waals surface area contributed by atoms with Crippen LogP contribution in [0.2, 0.25) is 10.0 Å². The molecule has 14 rings (SSSR count). The van der Waals surface area contributed by atoms with Gasteiger partial charge in [-0.05, 0) is 130 Å². The first kappa shape index (κ1) is 67.6. The molecule has 15 bridgehead atoms. The van der Waals surface area contributed by atoms with Crippen molar-refractivity contribution >= 4 is 64.6 Å². The summed E-state index contributed by atoms with van der Waals surface area (Å²) in [6, 6.07) is 12.9. The van der Waals surface area contributed by atoms with Gasteiger partial charge in [0.25, 0.3) is 0 Å². The standard InChI is InChI=1S/C70H62Cl2N8O19/c1-2-3-5-29-8-10-30(11-9-29)27-74-28-40-45(84)26-39-52(62(40)87)51-38(6-4-7-44(51)83)56-67(92)80-59(69(94)78-57(39)70(95)96)61(86)33-14-17-47(42(72)21-33)99-50-24-35-23-49(63(50)88)98-46-16-13-32(20-41(46)71)60(85)58-68(93)76-54(65(90)75-55(35)66(91)77-56)34-18-36(81)25-37(19-34)97-48-22-31(12-15-43(48)82)53(73)64(89)79-58/h4,6-26,53-61,74,81-88H,2-3,5,27-28,73H2,1H3,(H,75,90)(H,76,93)(H,77,91)(H,78,94)(H,79,89)(H,80,92)(H,95,96). The minimum absolute atomic E-state index is 0.0283. The zero-order valence-corrected chi connectivity index (χ0v) is 53.4. The molecule has 0 fully saturated rings. The van der Waals surface area contributed by atoms with Crippen molar-refractivity contribution in [1.82, 2.24) is 37.2 Å². The van der Waals surface area contributed by atoms with E-state index in [9.17, 15) is 60.3 Å². The number of hydrogen-bond acceptors (Lipinski definition) is 20. The average molecular weight is 1390 g/mol. The number of fused-ring (bicyclic) bond motifs is 13. The number of aliphatic hydroxyl groups excluding tert-OH is 2. The maximum atomic E-state index is 16.2. The van der Waals surface area contributed by atoms with Gasteiger partial charge >= 0.3 is 5.97 Å². The van der Waals surface area contributed by atoms with Crippen molar-refractivity contribution in [2.45, 2.75) is 93.8 Å². The summed E-state index contributed by atoms with van der Waals surface area (Å²) in [5.41, 5.74) is 4.74. The fraction of sp³-hybridized carbons (Fsp3) is 0.214. The number of halogens is 2. The minimum atomic E-state index is -2.31. The first-order chi connectivity index (χ1) is 47.3. The molecule has 0 aromatic heterocycles. The summed E-state index contributed by atoms with van der Waals surface area (Å²) in [6.45, 7) is 1.91. The van der Waals surface area contributed by atoms with Crippen LogP contribution in [0.3, 0.4) is 0 Å². The highest BCUT2D eigenvalue weighted by atomic mass is 35.5. The van der Waals surface area contributed by atoms with Crippen LogP contribution < -0.4 is 57.2 Å². The first-order valence-electron chi connectivity index (χ1n) is 30.9. The van der Waals surface area contributed by atoms with Gasteiger partial charge in [-0.15, -0.1) is 0 Å². The second kappa shape index (κ2) is 27.7. The van der Waals surface area contributed by atoms with Gasteiger partial charge < -0.3 is 103 Å². The van der Waals surface area contributed by atoms with Crippen LogP contribution in [0, 0.1) is 0 Å². The van der Waals surface area contributed by atoms with Crippen molar-refractivity contribution in [3.8, 4) is 80.1 Å². The second-order valence-electron chi connectivity index (χ2n) is 23.9. The summed E-state index contributed by atoms with van der Waals surface area (Å²) < 4.78 is 18.5. The number of aliphatic carboxylic acids is 1. The van der Waals surface area contributed by atoms with Crippen molar-refractivity contribution < 1.29 is 93.7 Å². The number of rotatable bonds is 8. The van der Waals surface area contributed by atoms with Crippen LogP contribution >= 0.6 is 23.2 Å². The van der Waals surface area contributed by atoms with Crippen molar-refractivity contribution in [3.63, 3.8) is 0 Å². The van der Waals surface area contributed by atoms with E-state index in [1.54, 1.807) is 0 Å². The summed E-state index contributed by atoms with van der Waals surface area (Å²) in [4.78, 5) is 106. The molecule has 0 spiro atoms. The normalized spacial score (nSPS) is 21.3. The number of carboxylic acid groups (broad SMARTS) is 1. The Kier molecular flexibility index (Phi) is 18.9. The number of nitrogens with one attached hydrogen (secondary N) is 7. The molecule has 18 N–H and O–H groups in total. The Balaban J connectivity index is 1.07. The highest BCUT2D eigenvalue weighted by Gasteiger charge is 2.44. The Morgan fingerprint density at radius 1 is 0.495 bits per heavy atom. The summed E-state index contributed by atoms with van der Waals surface area (Å²) >= 11 is 13.8. The molecule has 9 unspecified atom stereocenters. The van der Waals surface area contributed by atoms with Gasteiger partial charge in [0.2, 0.25) is 41.2 Å². The number of aryl methyl sites for hydroxylation is 1. The SMILES string of the molecule is CCCCc1ccc(CNCc2c(O)cc3c(c2O)-c2c(O)cccc2C2NC(=O)C4NC(=O)C5NC(=O)C(NC(=O)C(N)c6ccc(O)c(c6)Oc6cc(O)cc5c6)C(O)c5ccc(c(Cl)c5)Oc5cc4cc(c5O)Oc4ccc(cc4Cl)C(O)C(NC2=O)C(=O)NC3C(=O)O)cc1. The van der Waals surface area contributed by atoms with Crippen LogP contribution in [0.5, 0.6) is 69.0 Å². The molecule has 6 heterocycles. The monoisotopic (exact) mass is 1390 g/mol. The van der Waals surface area contributed by atoms with Crippen LogP contribution in [0.4, 0.5) is 0 Å². The largest absolute Gasteiger partial charge is 0.508 e. The Hall–Kier alpha value is -11.3. The fourth-order valence-corrected chi connectivity index (χ4v) is 12.6. The number of carboxylic acids is 1. The minimum Gasteiger partial charge on any atom is -0.508 e. The van der Waals surface area contributed by atoms with Gasteiger partial charge in [-0.2, -0.15) is 0 Å². The number of carbonyl (C=O) groups is 7. The lowest BCUT2D eigenvalue weighted by molar-refractivity contribution is -0.143. The quantitative estimate of drug-likeness (QED) is 0.0720. The molecule has 9 atom stereocenters. The van der Waals surface area contributed by atoms with Crippen molar-refractivity contribution in [2.75, 3.05) is 0 Å².